The minimum Gasteiger partial charge on any atom is -0.494 e. The Kier molecular flexibility index (Phi) is 7.64. The van der Waals surface area contributed by atoms with Crippen molar-refractivity contribution in [2.24, 2.45) is 5.92 Å². The minimum absolute atomic E-state index is 0.0138. The van der Waals surface area contributed by atoms with E-state index in [2.05, 4.69) is 11.8 Å². The van der Waals surface area contributed by atoms with Gasteiger partial charge in [0.2, 0.25) is 0 Å². The molecule has 4 nitrogen and oxygen atoms in total. The molecule has 1 saturated heterocycles. The van der Waals surface area contributed by atoms with E-state index in [-0.39, 0.29) is 5.43 Å². The van der Waals surface area contributed by atoms with Crippen LogP contribution in [0.5, 0.6) is 5.75 Å². The largest absolute Gasteiger partial charge is 0.494 e. The van der Waals surface area contributed by atoms with Gasteiger partial charge in [-0.2, -0.15) is 0 Å². The molecule has 0 amide bonds. The zero-order valence-corrected chi connectivity index (χ0v) is 19.4. The Morgan fingerprint density at radius 2 is 1.84 bits per heavy atom. The molecule has 1 fully saturated rings. The van der Waals surface area contributed by atoms with Crippen LogP contribution in [0, 0.1) is 12.8 Å². The molecule has 1 atom stereocenters. The van der Waals surface area contributed by atoms with Gasteiger partial charge in [0.1, 0.15) is 17.1 Å². The molecule has 2 aromatic carbocycles. The lowest BCUT2D eigenvalue weighted by atomic mass is 10.00. The van der Waals surface area contributed by atoms with Gasteiger partial charge in [0, 0.05) is 18.2 Å². The van der Waals surface area contributed by atoms with Gasteiger partial charge in [0.05, 0.1) is 12.0 Å². The zero-order chi connectivity index (χ0) is 22.3. The van der Waals surface area contributed by atoms with Crippen molar-refractivity contribution in [2.75, 3.05) is 26.2 Å². The fraction of sp³-hybridized carbons (Fsp3) is 0.464. The molecule has 4 heteroatoms. The fourth-order valence-corrected chi connectivity index (χ4v) is 4.60. The molecule has 1 aliphatic rings. The Hall–Kier alpha value is -2.59. The predicted octanol–water partition coefficient (Wildman–Crippen LogP) is 6.44. The lowest BCUT2D eigenvalue weighted by molar-refractivity contribution is 0.180. The second kappa shape index (κ2) is 10.8. The zero-order valence-electron chi connectivity index (χ0n) is 19.4. The molecule has 0 aliphatic carbocycles. The van der Waals surface area contributed by atoms with Gasteiger partial charge in [-0.1, -0.05) is 31.4 Å². The molecule has 0 bridgehead atoms. The highest BCUT2D eigenvalue weighted by atomic mass is 16.5. The van der Waals surface area contributed by atoms with Crippen molar-refractivity contribution >= 4 is 11.0 Å². The number of likely N-dealkylation sites (tertiary alicyclic amines) is 1. The molecule has 3 aromatic rings. The molecule has 0 N–H and O–H groups in total. The van der Waals surface area contributed by atoms with Gasteiger partial charge in [0.15, 0.2) is 5.43 Å². The van der Waals surface area contributed by atoms with Crippen LogP contribution in [-0.2, 0) is 0 Å². The second-order valence-electron chi connectivity index (χ2n) is 9.31. The summed E-state index contributed by atoms with van der Waals surface area (Å²) in [6.45, 7) is 8.89. The summed E-state index contributed by atoms with van der Waals surface area (Å²) in [6, 6.07) is 15.1. The van der Waals surface area contributed by atoms with E-state index in [1.165, 1.54) is 51.7 Å². The lowest BCUT2D eigenvalue weighted by Gasteiger charge is -2.30. The first-order valence-corrected chi connectivity index (χ1v) is 12.1. The molecule has 1 unspecified atom stereocenters. The van der Waals surface area contributed by atoms with E-state index in [4.69, 9.17) is 9.15 Å². The molecule has 0 saturated carbocycles. The van der Waals surface area contributed by atoms with E-state index in [9.17, 15) is 4.79 Å². The smallest absolute Gasteiger partial charge is 0.193 e. The Balaban J connectivity index is 1.21. The SMILES string of the molecule is Cc1ccc2oc(-c3ccc(OCCCCCCN4CCCC(C)C4)cc3)cc(=O)c2c1. The average Bonchev–Trinajstić information content (AvgIpc) is 2.79. The van der Waals surface area contributed by atoms with Gasteiger partial charge in [-0.3, -0.25) is 4.79 Å². The Morgan fingerprint density at radius 3 is 2.66 bits per heavy atom. The minimum atomic E-state index is -0.0138. The van der Waals surface area contributed by atoms with Gasteiger partial charge < -0.3 is 14.1 Å². The molecule has 2 heterocycles. The van der Waals surface area contributed by atoms with Gasteiger partial charge in [-0.15, -0.1) is 0 Å². The van der Waals surface area contributed by atoms with Gasteiger partial charge in [-0.25, -0.2) is 0 Å². The quantitative estimate of drug-likeness (QED) is 0.364. The standard InChI is InChI=1S/C28H35NO3/c1-21-9-14-27-25(18-21)26(30)19-28(32-27)23-10-12-24(13-11-23)31-17-6-4-3-5-15-29-16-7-8-22(2)20-29/h9-14,18-19,22H,3-8,15-17,20H2,1-2H3. The molecule has 170 valence electrons. The van der Waals surface area contributed by atoms with Crippen LogP contribution < -0.4 is 10.2 Å². The number of hydrogen-bond donors (Lipinski definition) is 0. The van der Waals surface area contributed by atoms with Crippen molar-refractivity contribution in [1.29, 1.82) is 0 Å². The summed E-state index contributed by atoms with van der Waals surface area (Å²) in [4.78, 5) is 15.1. The van der Waals surface area contributed by atoms with Crippen LogP contribution in [-0.4, -0.2) is 31.1 Å². The maximum atomic E-state index is 12.5. The normalized spacial score (nSPS) is 17.0. The molecule has 1 aliphatic heterocycles. The number of aryl methyl sites for hydroxylation is 1. The van der Waals surface area contributed by atoms with Crippen molar-refractivity contribution in [1.82, 2.24) is 4.90 Å². The summed E-state index contributed by atoms with van der Waals surface area (Å²) in [5.74, 6) is 2.31. The first-order valence-electron chi connectivity index (χ1n) is 12.1. The average molecular weight is 434 g/mol. The third-order valence-electron chi connectivity index (χ3n) is 6.40. The number of rotatable bonds is 9. The van der Waals surface area contributed by atoms with Gasteiger partial charge >= 0.3 is 0 Å². The van der Waals surface area contributed by atoms with Crippen LogP contribution >= 0.6 is 0 Å². The third-order valence-corrected chi connectivity index (χ3v) is 6.40. The fourth-order valence-electron chi connectivity index (χ4n) is 4.60. The predicted molar refractivity (Wildman–Crippen MR) is 131 cm³/mol. The highest BCUT2D eigenvalue weighted by molar-refractivity contribution is 5.79. The summed E-state index contributed by atoms with van der Waals surface area (Å²) < 4.78 is 11.9. The van der Waals surface area contributed by atoms with E-state index in [0.29, 0.717) is 16.7 Å². The Morgan fingerprint density at radius 1 is 1.03 bits per heavy atom. The van der Waals surface area contributed by atoms with Gasteiger partial charge in [-0.05, 0) is 88.0 Å². The monoisotopic (exact) mass is 433 g/mol. The van der Waals surface area contributed by atoms with Crippen molar-refractivity contribution < 1.29 is 9.15 Å². The molecule has 32 heavy (non-hydrogen) atoms. The number of piperidine rings is 1. The van der Waals surface area contributed by atoms with Crippen LogP contribution in [0.1, 0.15) is 51.0 Å². The van der Waals surface area contributed by atoms with Crippen LogP contribution in [0.2, 0.25) is 0 Å². The van der Waals surface area contributed by atoms with Crippen molar-refractivity contribution in [3.63, 3.8) is 0 Å². The summed E-state index contributed by atoms with van der Waals surface area (Å²) in [6.07, 6.45) is 7.61. The molecule has 1 aromatic heterocycles. The number of hydrogen-bond acceptors (Lipinski definition) is 4. The summed E-state index contributed by atoms with van der Waals surface area (Å²) >= 11 is 0. The lowest BCUT2D eigenvalue weighted by Crippen LogP contribution is -2.34. The highest BCUT2D eigenvalue weighted by Gasteiger charge is 2.15. The van der Waals surface area contributed by atoms with Gasteiger partial charge in [0.25, 0.3) is 0 Å². The first kappa shape index (κ1) is 22.6. The molecule has 0 spiro atoms. The second-order valence-corrected chi connectivity index (χ2v) is 9.31. The molecular formula is C28H35NO3. The molecule has 4 rings (SSSR count). The van der Waals surface area contributed by atoms with Crippen molar-refractivity contribution in [2.45, 2.75) is 52.4 Å². The highest BCUT2D eigenvalue weighted by Crippen LogP contribution is 2.25. The number of unbranched alkanes of at least 4 members (excludes halogenated alkanes) is 3. The van der Waals surface area contributed by atoms with E-state index < -0.39 is 0 Å². The van der Waals surface area contributed by atoms with E-state index >= 15 is 0 Å². The van der Waals surface area contributed by atoms with Crippen LogP contribution in [0.4, 0.5) is 0 Å². The number of fused-ring (bicyclic) bond motifs is 1. The third kappa shape index (κ3) is 6.01. The number of ether oxygens (including phenoxy) is 1. The van der Waals surface area contributed by atoms with Crippen LogP contribution in [0.3, 0.4) is 0 Å². The Labute approximate surface area is 191 Å². The van der Waals surface area contributed by atoms with E-state index in [1.807, 2.05) is 49.4 Å². The van der Waals surface area contributed by atoms with Crippen LogP contribution in [0.25, 0.3) is 22.3 Å². The van der Waals surface area contributed by atoms with E-state index in [0.717, 1.165) is 35.8 Å². The molecular weight excluding hydrogens is 398 g/mol. The maximum absolute atomic E-state index is 12.5. The van der Waals surface area contributed by atoms with Crippen molar-refractivity contribution in [3.05, 3.63) is 64.3 Å². The van der Waals surface area contributed by atoms with E-state index in [1.54, 1.807) is 6.07 Å². The number of nitrogens with zero attached hydrogens (tertiary/aromatic N) is 1. The summed E-state index contributed by atoms with van der Waals surface area (Å²) in [5.41, 5.74) is 2.54. The van der Waals surface area contributed by atoms with Crippen LogP contribution in [0.15, 0.2) is 57.7 Å². The molecule has 0 radical (unpaired) electrons. The first-order chi connectivity index (χ1) is 15.6. The Bertz CT molecular complexity index is 1070. The number of benzene rings is 2. The maximum Gasteiger partial charge on any atom is 0.193 e. The topological polar surface area (TPSA) is 42.7 Å². The summed E-state index contributed by atoms with van der Waals surface area (Å²) in [7, 11) is 0. The summed E-state index contributed by atoms with van der Waals surface area (Å²) in [5, 5.41) is 0.624. The van der Waals surface area contributed by atoms with Crippen molar-refractivity contribution in [3.8, 4) is 17.1 Å².